The van der Waals surface area contributed by atoms with Gasteiger partial charge in [0.15, 0.2) is 6.10 Å². The number of Topliss-reactive ketones (excluding diaryl/α,β-unsaturated/α-hetero) is 1. The summed E-state index contributed by atoms with van der Waals surface area (Å²) in [7, 11) is 0. The van der Waals surface area contributed by atoms with Crippen LogP contribution in [0, 0.1) is 25.7 Å². The van der Waals surface area contributed by atoms with Crippen LogP contribution < -0.4 is 4.90 Å². The number of fused-ring (bicyclic) bond motifs is 2. The summed E-state index contributed by atoms with van der Waals surface area (Å²) in [6.07, 6.45) is 4.11. The lowest BCUT2D eigenvalue weighted by Gasteiger charge is -2.16. The Bertz CT molecular complexity index is 1750. The van der Waals surface area contributed by atoms with Gasteiger partial charge in [0.1, 0.15) is 0 Å². The topological polar surface area (TPSA) is 93.6 Å². The summed E-state index contributed by atoms with van der Waals surface area (Å²) in [6.45, 7) is 5.44. The smallest absolute Gasteiger partial charge is 0.339 e. The molecule has 1 aliphatic carbocycles. The number of carbonyl (C=O) groups excluding carboxylic acids is 4. The molecule has 0 N–H and O–H groups in total. The quantitative estimate of drug-likeness (QED) is 0.118. The first kappa shape index (κ1) is 27.3. The van der Waals surface area contributed by atoms with E-state index in [1.807, 2.05) is 56.3 Å². The molecule has 1 aromatic heterocycles. The van der Waals surface area contributed by atoms with Gasteiger partial charge in [0.05, 0.1) is 34.3 Å². The average Bonchev–Trinajstić information content (AvgIpc) is 3.26. The number of hydrogen-bond acceptors (Lipinski definition) is 6. The number of aromatic nitrogens is 1. The highest BCUT2D eigenvalue weighted by Crippen LogP contribution is 2.38. The number of allylic oxidation sites excluding steroid dienone is 2. The van der Waals surface area contributed by atoms with Gasteiger partial charge in [-0.05, 0) is 63.9 Å². The summed E-state index contributed by atoms with van der Waals surface area (Å²) in [5, 5.41) is 0.625. The third-order valence-electron chi connectivity index (χ3n) is 8.10. The molecule has 0 unspecified atom stereocenters. The molecule has 2 amide bonds. The number of nitrogens with zero attached hydrogens (tertiary/aromatic N) is 2. The van der Waals surface area contributed by atoms with Gasteiger partial charge in [-0.2, -0.15) is 0 Å². The maximum atomic E-state index is 13.5. The summed E-state index contributed by atoms with van der Waals surface area (Å²) in [4.78, 5) is 58.6. The van der Waals surface area contributed by atoms with Crippen LogP contribution >= 0.6 is 0 Å². The Labute approximate surface area is 243 Å². The van der Waals surface area contributed by atoms with Crippen molar-refractivity contribution in [3.05, 3.63) is 107 Å². The van der Waals surface area contributed by atoms with E-state index in [2.05, 4.69) is 0 Å². The Morgan fingerprint density at radius 1 is 0.833 bits per heavy atom. The number of esters is 1. The van der Waals surface area contributed by atoms with E-state index >= 15 is 0 Å². The maximum Gasteiger partial charge on any atom is 0.339 e. The van der Waals surface area contributed by atoms with E-state index in [4.69, 9.17) is 9.72 Å². The van der Waals surface area contributed by atoms with Gasteiger partial charge < -0.3 is 4.74 Å². The molecule has 0 spiro atoms. The number of ketones is 1. The normalized spacial score (nSPS) is 18.7. The van der Waals surface area contributed by atoms with E-state index in [1.165, 1.54) is 4.90 Å². The Balaban J connectivity index is 1.30. The van der Waals surface area contributed by atoms with E-state index in [9.17, 15) is 19.2 Å². The van der Waals surface area contributed by atoms with Gasteiger partial charge >= 0.3 is 5.97 Å². The lowest BCUT2D eigenvalue weighted by Crippen LogP contribution is -2.30. The molecule has 0 bridgehead atoms. The lowest BCUT2D eigenvalue weighted by atomic mass is 9.85. The molecule has 1 fully saturated rings. The number of benzene rings is 3. The van der Waals surface area contributed by atoms with Crippen molar-refractivity contribution in [1.29, 1.82) is 0 Å². The van der Waals surface area contributed by atoms with Gasteiger partial charge in [0.25, 0.3) is 0 Å². The number of ether oxygens (including phenoxy) is 1. The van der Waals surface area contributed by atoms with Crippen molar-refractivity contribution >= 4 is 40.2 Å². The van der Waals surface area contributed by atoms with Crippen LogP contribution in [0.3, 0.4) is 0 Å². The van der Waals surface area contributed by atoms with E-state index in [1.54, 1.807) is 49.4 Å². The summed E-state index contributed by atoms with van der Waals surface area (Å²) in [5.74, 6) is -1.84. The van der Waals surface area contributed by atoms with Gasteiger partial charge in [-0.25, -0.2) is 9.78 Å². The third-order valence-corrected chi connectivity index (χ3v) is 8.10. The molecular weight excluding hydrogens is 528 g/mol. The number of rotatable bonds is 6. The molecular formula is C35H30N2O5. The summed E-state index contributed by atoms with van der Waals surface area (Å²) < 4.78 is 5.68. The Kier molecular flexibility index (Phi) is 7.02. The zero-order chi connectivity index (χ0) is 29.5. The number of aryl methyl sites for hydroxylation is 2. The maximum absolute atomic E-state index is 13.5. The zero-order valence-corrected chi connectivity index (χ0v) is 23.7. The first-order valence-electron chi connectivity index (χ1n) is 14.1. The van der Waals surface area contributed by atoms with E-state index in [-0.39, 0.29) is 29.4 Å². The second kappa shape index (κ2) is 10.8. The van der Waals surface area contributed by atoms with Crippen molar-refractivity contribution in [2.75, 3.05) is 4.90 Å². The van der Waals surface area contributed by atoms with Gasteiger partial charge in [-0.1, -0.05) is 65.7 Å². The first-order valence-corrected chi connectivity index (χ1v) is 14.1. The molecule has 7 heteroatoms. The van der Waals surface area contributed by atoms with E-state index < -0.39 is 12.1 Å². The molecule has 3 aromatic carbocycles. The molecule has 1 aliphatic heterocycles. The fraction of sp³-hybridized carbons (Fsp3) is 0.229. The van der Waals surface area contributed by atoms with Gasteiger partial charge in [0.2, 0.25) is 17.6 Å². The number of amides is 2. The van der Waals surface area contributed by atoms with Crippen molar-refractivity contribution in [2.24, 2.45) is 11.8 Å². The second-order valence-corrected chi connectivity index (χ2v) is 11.1. The number of hydrogen-bond donors (Lipinski definition) is 0. The average molecular weight is 559 g/mol. The number of pyridine rings is 1. The lowest BCUT2D eigenvalue weighted by molar-refractivity contribution is -0.122. The molecule has 7 nitrogen and oxygen atoms in total. The van der Waals surface area contributed by atoms with Crippen LogP contribution in [0.4, 0.5) is 5.69 Å². The van der Waals surface area contributed by atoms with Gasteiger partial charge in [-0.3, -0.25) is 19.3 Å². The van der Waals surface area contributed by atoms with Crippen LogP contribution in [-0.2, 0) is 14.3 Å². The van der Waals surface area contributed by atoms with Crippen LogP contribution in [0.5, 0.6) is 0 Å². The van der Waals surface area contributed by atoms with Gasteiger partial charge in [0, 0.05) is 16.5 Å². The summed E-state index contributed by atoms with van der Waals surface area (Å²) >= 11 is 0. The Hall–Kier alpha value is -4.91. The first-order chi connectivity index (χ1) is 20.2. The second-order valence-electron chi connectivity index (χ2n) is 11.1. The Morgan fingerprint density at radius 2 is 1.45 bits per heavy atom. The third kappa shape index (κ3) is 4.91. The van der Waals surface area contributed by atoms with Crippen LogP contribution in [-0.4, -0.2) is 34.7 Å². The standard InChI is InChI=1S/C35H30N2O5/c1-20-8-11-24(12-9-20)32(38)22(3)42-35(41)29-19-31(36-30-17-10-21(2)18-28(29)30)23-13-15-25(16-14-23)37-33(39)26-6-4-5-7-27(26)34(37)40/h4-5,8-19,22,26-27H,6-7H2,1-3H3/t22-,26+,27+/m1/s1. The largest absolute Gasteiger partial charge is 0.451 e. The van der Waals surface area contributed by atoms with Gasteiger partial charge in [-0.15, -0.1) is 0 Å². The molecule has 6 rings (SSSR count). The van der Waals surface area contributed by atoms with E-state index in [0.717, 1.165) is 11.1 Å². The highest BCUT2D eigenvalue weighted by Gasteiger charge is 2.47. The fourth-order valence-electron chi connectivity index (χ4n) is 5.72. The highest BCUT2D eigenvalue weighted by atomic mass is 16.5. The molecule has 1 saturated heterocycles. The van der Waals surface area contributed by atoms with Crippen molar-refractivity contribution < 1.29 is 23.9 Å². The van der Waals surface area contributed by atoms with Crippen molar-refractivity contribution in [1.82, 2.24) is 4.98 Å². The minimum atomic E-state index is -0.981. The molecule has 4 aromatic rings. The van der Waals surface area contributed by atoms with Crippen LogP contribution in [0.2, 0.25) is 0 Å². The fourth-order valence-corrected chi connectivity index (χ4v) is 5.72. The van der Waals surface area contributed by atoms with Crippen molar-refractivity contribution in [3.63, 3.8) is 0 Å². The van der Waals surface area contributed by atoms with Crippen molar-refractivity contribution in [2.45, 2.75) is 39.7 Å². The molecule has 2 heterocycles. The zero-order valence-electron chi connectivity index (χ0n) is 23.7. The molecule has 42 heavy (non-hydrogen) atoms. The minimum Gasteiger partial charge on any atom is -0.451 e. The molecule has 3 atom stereocenters. The predicted octanol–water partition coefficient (Wildman–Crippen LogP) is 6.40. The predicted molar refractivity (Wildman–Crippen MR) is 160 cm³/mol. The minimum absolute atomic E-state index is 0.166. The van der Waals surface area contributed by atoms with Crippen molar-refractivity contribution in [3.8, 4) is 11.3 Å². The molecule has 0 radical (unpaired) electrons. The molecule has 210 valence electrons. The number of imide groups is 1. The summed E-state index contributed by atoms with van der Waals surface area (Å²) in [5.41, 5.74) is 5.11. The van der Waals surface area contributed by atoms with E-state index in [0.29, 0.717) is 51.8 Å². The summed E-state index contributed by atoms with van der Waals surface area (Å²) in [6, 6.07) is 21.5. The van der Waals surface area contributed by atoms with Crippen LogP contribution in [0.15, 0.2) is 84.9 Å². The number of carbonyl (C=O) groups is 4. The SMILES string of the molecule is Cc1ccc(C(=O)[C@@H](C)OC(=O)c2cc(-c3ccc(N4C(=O)[C@H]5CC=CC[C@@H]5C4=O)cc3)nc3ccc(C)cc23)cc1. The van der Waals surface area contributed by atoms with Crippen LogP contribution in [0.25, 0.3) is 22.2 Å². The molecule has 0 saturated carbocycles. The number of anilines is 1. The highest BCUT2D eigenvalue weighted by molar-refractivity contribution is 6.22. The Morgan fingerprint density at radius 3 is 2.10 bits per heavy atom. The van der Waals surface area contributed by atoms with Crippen LogP contribution in [0.1, 0.15) is 51.6 Å². The monoisotopic (exact) mass is 558 g/mol. The molecule has 2 aliphatic rings.